The fourth-order valence-electron chi connectivity index (χ4n) is 2.89. The summed E-state index contributed by atoms with van der Waals surface area (Å²) < 4.78 is 12.3. The number of anilines is 1. The number of hydrogen-bond donors (Lipinski definition) is 1. The molecule has 3 rings (SSSR count). The Labute approximate surface area is 169 Å². The largest absolute Gasteiger partial charge is 0.493 e. The molecule has 0 saturated carbocycles. The Morgan fingerprint density at radius 3 is 2.34 bits per heavy atom. The Kier molecular flexibility index (Phi) is 5.92. The zero-order chi connectivity index (χ0) is 21.0. The van der Waals surface area contributed by atoms with E-state index in [0.29, 0.717) is 23.1 Å². The molecule has 8 nitrogen and oxygen atoms in total. The van der Waals surface area contributed by atoms with Crippen LogP contribution in [0.25, 0.3) is 12.0 Å². The van der Waals surface area contributed by atoms with E-state index in [1.807, 2.05) is 31.4 Å². The minimum Gasteiger partial charge on any atom is -0.493 e. The van der Waals surface area contributed by atoms with Crippen LogP contribution in [0.15, 0.2) is 36.7 Å². The van der Waals surface area contributed by atoms with E-state index in [1.165, 1.54) is 6.08 Å². The molecular weight excluding hydrogens is 370 g/mol. The molecule has 1 N–H and O–H groups in total. The van der Waals surface area contributed by atoms with E-state index in [9.17, 15) is 4.79 Å². The van der Waals surface area contributed by atoms with Crippen molar-refractivity contribution in [1.29, 1.82) is 0 Å². The molecule has 0 aliphatic rings. The second-order valence-corrected chi connectivity index (χ2v) is 6.37. The van der Waals surface area contributed by atoms with Crippen molar-refractivity contribution in [3.8, 4) is 17.4 Å². The van der Waals surface area contributed by atoms with Gasteiger partial charge < -0.3 is 14.8 Å². The van der Waals surface area contributed by atoms with Gasteiger partial charge in [0.05, 0.1) is 38.0 Å². The van der Waals surface area contributed by atoms with E-state index in [-0.39, 0.29) is 5.91 Å². The van der Waals surface area contributed by atoms with E-state index in [4.69, 9.17) is 9.47 Å². The van der Waals surface area contributed by atoms with Crippen LogP contribution in [0.1, 0.15) is 22.8 Å². The molecule has 0 radical (unpaired) electrons. The lowest BCUT2D eigenvalue weighted by Gasteiger charge is -2.08. The Bertz CT molecular complexity index is 1050. The maximum atomic E-state index is 12.2. The normalized spacial score (nSPS) is 10.9. The van der Waals surface area contributed by atoms with E-state index in [0.717, 1.165) is 22.8 Å². The van der Waals surface area contributed by atoms with E-state index < -0.39 is 0 Å². The first-order valence-corrected chi connectivity index (χ1v) is 8.99. The molecule has 0 bridgehead atoms. The molecule has 2 aromatic heterocycles. The maximum Gasteiger partial charge on any atom is 0.248 e. The second kappa shape index (κ2) is 8.55. The molecule has 2 heterocycles. The smallest absolute Gasteiger partial charge is 0.248 e. The van der Waals surface area contributed by atoms with Gasteiger partial charge in [0.15, 0.2) is 11.5 Å². The number of rotatable bonds is 6. The third kappa shape index (κ3) is 4.43. The number of aryl methyl sites for hydroxylation is 2. The fraction of sp³-hybridized carbons (Fsp3) is 0.238. The number of ether oxygens (including phenoxy) is 2. The van der Waals surface area contributed by atoms with Crippen LogP contribution in [0.3, 0.4) is 0 Å². The van der Waals surface area contributed by atoms with E-state index in [1.54, 1.807) is 44.8 Å². The fourth-order valence-corrected chi connectivity index (χ4v) is 2.89. The lowest BCUT2D eigenvalue weighted by molar-refractivity contribution is -0.111. The second-order valence-electron chi connectivity index (χ2n) is 6.37. The predicted octanol–water partition coefficient (Wildman–Crippen LogP) is 3.26. The van der Waals surface area contributed by atoms with Crippen molar-refractivity contribution in [2.75, 3.05) is 19.5 Å². The number of nitrogens with zero attached hydrogens (tertiary/aromatic N) is 4. The molecule has 0 aliphatic heterocycles. The predicted molar refractivity (Wildman–Crippen MR) is 111 cm³/mol. The van der Waals surface area contributed by atoms with Crippen LogP contribution in [-0.2, 0) is 4.79 Å². The quantitative estimate of drug-likeness (QED) is 0.647. The summed E-state index contributed by atoms with van der Waals surface area (Å²) >= 11 is 0. The summed E-state index contributed by atoms with van der Waals surface area (Å²) in [5.74, 6) is 2.26. The van der Waals surface area contributed by atoms with Crippen molar-refractivity contribution in [3.63, 3.8) is 0 Å². The molecule has 29 heavy (non-hydrogen) atoms. The number of amides is 1. The zero-order valence-electron chi connectivity index (χ0n) is 17.1. The molecule has 3 aromatic rings. The summed E-state index contributed by atoms with van der Waals surface area (Å²) in [5, 5.41) is 2.74. The SMILES string of the molecule is COc1ccc(/C=C/C(=O)Nc2cnc(-n3c(C)nc(C)c3C)nc2)cc1OC. The summed E-state index contributed by atoms with van der Waals surface area (Å²) in [6.45, 7) is 5.81. The highest BCUT2D eigenvalue weighted by molar-refractivity contribution is 6.01. The van der Waals surface area contributed by atoms with Gasteiger partial charge in [-0.1, -0.05) is 6.07 Å². The first kappa shape index (κ1) is 20.1. The maximum absolute atomic E-state index is 12.2. The number of aromatic nitrogens is 4. The van der Waals surface area contributed by atoms with Crippen LogP contribution in [-0.4, -0.2) is 39.6 Å². The minimum atomic E-state index is -0.290. The number of carbonyl (C=O) groups is 1. The van der Waals surface area contributed by atoms with Gasteiger partial charge in [0, 0.05) is 11.8 Å². The van der Waals surface area contributed by atoms with Crippen molar-refractivity contribution < 1.29 is 14.3 Å². The summed E-state index contributed by atoms with van der Waals surface area (Å²) in [4.78, 5) is 25.3. The summed E-state index contributed by atoms with van der Waals surface area (Å²) in [5.41, 5.74) is 3.23. The van der Waals surface area contributed by atoms with Gasteiger partial charge in [-0.25, -0.2) is 15.0 Å². The van der Waals surface area contributed by atoms with Gasteiger partial charge in [-0.15, -0.1) is 0 Å². The molecule has 1 amide bonds. The molecule has 0 fully saturated rings. The van der Waals surface area contributed by atoms with Crippen molar-refractivity contribution in [3.05, 3.63) is 59.4 Å². The average molecular weight is 393 g/mol. The third-order valence-corrected chi connectivity index (χ3v) is 4.45. The molecule has 0 saturated heterocycles. The average Bonchev–Trinajstić information content (AvgIpc) is 2.98. The molecule has 0 spiro atoms. The molecule has 0 atom stereocenters. The summed E-state index contributed by atoms with van der Waals surface area (Å²) in [6.07, 6.45) is 6.26. The molecule has 0 unspecified atom stereocenters. The topological polar surface area (TPSA) is 91.2 Å². The molecular formula is C21H23N5O3. The van der Waals surface area contributed by atoms with Crippen LogP contribution in [0.5, 0.6) is 11.5 Å². The molecule has 8 heteroatoms. The highest BCUT2D eigenvalue weighted by Crippen LogP contribution is 2.28. The van der Waals surface area contributed by atoms with Gasteiger partial charge in [-0.05, 0) is 44.5 Å². The first-order valence-electron chi connectivity index (χ1n) is 8.99. The standard InChI is InChI=1S/C21H23N5O3/c1-13-14(2)26(15(3)24-13)21-22-11-17(12-23-21)25-20(27)9-7-16-6-8-18(28-4)19(10-16)29-5/h6-12H,1-5H3,(H,25,27)/b9-7+. The van der Waals surface area contributed by atoms with Gasteiger partial charge in [-0.2, -0.15) is 0 Å². The Morgan fingerprint density at radius 1 is 1.07 bits per heavy atom. The number of imidazole rings is 1. The van der Waals surface area contributed by atoms with Gasteiger partial charge in [0.1, 0.15) is 5.82 Å². The van der Waals surface area contributed by atoms with Crippen molar-refractivity contribution in [2.45, 2.75) is 20.8 Å². The van der Waals surface area contributed by atoms with Crippen LogP contribution in [0, 0.1) is 20.8 Å². The molecule has 150 valence electrons. The van der Waals surface area contributed by atoms with Crippen LogP contribution in [0.4, 0.5) is 5.69 Å². The third-order valence-electron chi connectivity index (χ3n) is 4.45. The first-order chi connectivity index (χ1) is 13.9. The lowest BCUT2D eigenvalue weighted by Crippen LogP contribution is -2.10. The Hall–Kier alpha value is -3.68. The van der Waals surface area contributed by atoms with E-state index >= 15 is 0 Å². The lowest BCUT2D eigenvalue weighted by atomic mass is 10.2. The number of hydrogen-bond acceptors (Lipinski definition) is 6. The van der Waals surface area contributed by atoms with Crippen molar-refractivity contribution >= 4 is 17.7 Å². The minimum absolute atomic E-state index is 0.290. The summed E-state index contributed by atoms with van der Waals surface area (Å²) in [7, 11) is 3.14. The highest BCUT2D eigenvalue weighted by Gasteiger charge is 2.11. The molecule has 1 aromatic carbocycles. The number of methoxy groups -OCH3 is 2. The van der Waals surface area contributed by atoms with Crippen LogP contribution >= 0.6 is 0 Å². The van der Waals surface area contributed by atoms with E-state index in [2.05, 4.69) is 20.3 Å². The summed E-state index contributed by atoms with van der Waals surface area (Å²) in [6, 6.07) is 5.41. The number of benzene rings is 1. The van der Waals surface area contributed by atoms with Gasteiger partial charge in [0.25, 0.3) is 0 Å². The highest BCUT2D eigenvalue weighted by atomic mass is 16.5. The van der Waals surface area contributed by atoms with Crippen LogP contribution < -0.4 is 14.8 Å². The van der Waals surface area contributed by atoms with Gasteiger partial charge >= 0.3 is 0 Å². The Balaban J connectivity index is 1.69. The number of carbonyl (C=O) groups excluding carboxylic acids is 1. The number of nitrogens with one attached hydrogen (secondary N) is 1. The van der Waals surface area contributed by atoms with Crippen molar-refractivity contribution in [2.24, 2.45) is 0 Å². The van der Waals surface area contributed by atoms with Gasteiger partial charge in [0.2, 0.25) is 11.9 Å². The van der Waals surface area contributed by atoms with Crippen molar-refractivity contribution in [1.82, 2.24) is 19.5 Å². The molecule has 0 aliphatic carbocycles. The monoisotopic (exact) mass is 393 g/mol. The zero-order valence-corrected chi connectivity index (χ0v) is 17.1. The van der Waals surface area contributed by atoms with Gasteiger partial charge in [-0.3, -0.25) is 9.36 Å². The van der Waals surface area contributed by atoms with Crippen LogP contribution in [0.2, 0.25) is 0 Å². The Morgan fingerprint density at radius 2 is 1.76 bits per heavy atom.